The van der Waals surface area contributed by atoms with Crippen molar-refractivity contribution in [2.45, 2.75) is 13.8 Å². The maximum atomic E-state index is 11.1. The third kappa shape index (κ3) is 3.12. The molecule has 1 aromatic rings. The summed E-state index contributed by atoms with van der Waals surface area (Å²) in [4.78, 5) is 11.1. The summed E-state index contributed by atoms with van der Waals surface area (Å²) in [5.41, 5.74) is 0.375. The van der Waals surface area contributed by atoms with Crippen LogP contribution in [0.25, 0.3) is 0 Å². The van der Waals surface area contributed by atoms with Gasteiger partial charge in [0.25, 0.3) is 5.24 Å². The zero-order valence-corrected chi connectivity index (χ0v) is 11.4. The molecule has 0 atom stereocenters. The highest BCUT2D eigenvalue weighted by Crippen LogP contribution is 2.37. The highest BCUT2D eigenvalue weighted by Gasteiger charge is 2.14. The average molecular weight is 308 g/mol. The van der Waals surface area contributed by atoms with Crippen LogP contribution in [0.2, 0.25) is 0 Å². The predicted molar refractivity (Wildman–Crippen MR) is 66.7 cm³/mol. The first-order valence-corrected chi connectivity index (χ1v) is 6.06. The summed E-state index contributed by atoms with van der Waals surface area (Å²) < 4.78 is 11.5. The second-order valence-corrected chi connectivity index (χ2v) is 4.12. The molecule has 0 heterocycles. The largest absolute Gasteiger partial charge is 0.490 e. The Morgan fingerprint density at radius 1 is 1.31 bits per heavy atom. The Morgan fingerprint density at radius 2 is 1.94 bits per heavy atom. The topological polar surface area (TPSA) is 35.5 Å². The molecule has 3 nitrogen and oxygen atoms in total. The Morgan fingerprint density at radius 3 is 2.44 bits per heavy atom. The van der Waals surface area contributed by atoms with Crippen LogP contribution in [0.5, 0.6) is 11.5 Å². The lowest BCUT2D eigenvalue weighted by Crippen LogP contribution is -2.01. The molecule has 0 aliphatic carbocycles. The maximum absolute atomic E-state index is 11.1. The van der Waals surface area contributed by atoms with Crippen LogP contribution in [-0.2, 0) is 0 Å². The molecule has 88 valence electrons. The van der Waals surface area contributed by atoms with Crippen molar-refractivity contribution >= 4 is 32.8 Å². The molecule has 0 saturated heterocycles. The molecule has 0 amide bonds. The van der Waals surface area contributed by atoms with E-state index in [0.29, 0.717) is 34.7 Å². The number of rotatable bonds is 5. The summed E-state index contributed by atoms with van der Waals surface area (Å²) in [5, 5.41) is -0.523. The summed E-state index contributed by atoms with van der Waals surface area (Å²) >= 11 is 8.74. The molecule has 0 N–H and O–H groups in total. The van der Waals surface area contributed by atoms with E-state index in [-0.39, 0.29) is 0 Å². The fourth-order valence-corrected chi connectivity index (χ4v) is 1.89. The fraction of sp³-hybridized carbons (Fsp3) is 0.364. The number of carbonyl (C=O) groups is 1. The summed E-state index contributed by atoms with van der Waals surface area (Å²) in [7, 11) is 0. The standard InChI is InChI=1S/C11H12BrClO3/c1-3-15-9-6-7(11(13)14)5-8(12)10(9)16-4-2/h5-6H,3-4H2,1-2H3. The van der Waals surface area contributed by atoms with Crippen molar-refractivity contribution in [2.24, 2.45) is 0 Å². The third-order valence-electron chi connectivity index (χ3n) is 1.83. The molecule has 0 bridgehead atoms. The van der Waals surface area contributed by atoms with E-state index in [0.717, 1.165) is 0 Å². The first-order chi connectivity index (χ1) is 7.60. The zero-order chi connectivity index (χ0) is 12.1. The van der Waals surface area contributed by atoms with E-state index in [2.05, 4.69) is 15.9 Å². The molecular formula is C11H12BrClO3. The Kier molecular flexibility index (Phi) is 5.09. The van der Waals surface area contributed by atoms with Gasteiger partial charge in [-0.05, 0) is 53.5 Å². The lowest BCUT2D eigenvalue weighted by molar-refractivity contribution is 0.108. The summed E-state index contributed by atoms with van der Waals surface area (Å²) in [6, 6.07) is 3.19. The summed E-state index contributed by atoms with van der Waals surface area (Å²) in [6.07, 6.45) is 0. The first-order valence-electron chi connectivity index (χ1n) is 4.89. The van der Waals surface area contributed by atoms with Gasteiger partial charge in [0.15, 0.2) is 11.5 Å². The van der Waals surface area contributed by atoms with Crippen molar-refractivity contribution < 1.29 is 14.3 Å². The maximum Gasteiger partial charge on any atom is 0.252 e. The molecular weight excluding hydrogens is 295 g/mol. The number of carbonyl (C=O) groups excluding carboxylic acids is 1. The van der Waals surface area contributed by atoms with E-state index in [4.69, 9.17) is 21.1 Å². The Labute approximate surface area is 108 Å². The highest BCUT2D eigenvalue weighted by molar-refractivity contribution is 9.10. The lowest BCUT2D eigenvalue weighted by Gasteiger charge is -2.13. The zero-order valence-electron chi connectivity index (χ0n) is 9.05. The van der Waals surface area contributed by atoms with E-state index < -0.39 is 5.24 Å². The molecule has 0 unspecified atom stereocenters. The highest BCUT2D eigenvalue weighted by atomic mass is 79.9. The molecule has 5 heteroatoms. The van der Waals surface area contributed by atoms with Crippen LogP contribution < -0.4 is 9.47 Å². The van der Waals surface area contributed by atoms with E-state index in [1.807, 2.05) is 13.8 Å². The number of hydrogen-bond acceptors (Lipinski definition) is 3. The van der Waals surface area contributed by atoms with Crippen molar-refractivity contribution in [1.29, 1.82) is 0 Å². The van der Waals surface area contributed by atoms with Gasteiger partial charge in [0.2, 0.25) is 0 Å². The van der Waals surface area contributed by atoms with E-state index in [9.17, 15) is 4.79 Å². The van der Waals surface area contributed by atoms with Crippen LogP contribution in [0.3, 0.4) is 0 Å². The number of benzene rings is 1. The van der Waals surface area contributed by atoms with Crippen LogP contribution in [-0.4, -0.2) is 18.5 Å². The second kappa shape index (κ2) is 6.11. The minimum Gasteiger partial charge on any atom is -0.490 e. The summed E-state index contributed by atoms with van der Waals surface area (Å²) in [6.45, 7) is 4.75. The molecule has 0 aliphatic rings. The van der Waals surface area contributed by atoms with Crippen LogP contribution in [0.4, 0.5) is 0 Å². The van der Waals surface area contributed by atoms with Gasteiger partial charge in [-0.1, -0.05) is 0 Å². The van der Waals surface area contributed by atoms with Crippen molar-refractivity contribution in [3.8, 4) is 11.5 Å². The van der Waals surface area contributed by atoms with Gasteiger partial charge in [0, 0.05) is 5.56 Å². The van der Waals surface area contributed by atoms with Crippen molar-refractivity contribution in [3.05, 3.63) is 22.2 Å². The SMILES string of the molecule is CCOc1cc(C(=O)Cl)cc(Br)c1OCC. The van der Waals surface area contributed by atoms with Gasteiger partial charge >= 0.3 is 0 Å². The molecule has 1 aromatic carbocycles. The minimum absolute atomic E-state index is 0.375. The fourth-order valence-electron chi connectivity index (χ4n) is 1.23. The molecule has 0 aromatic heterocycles. The van der Waals surface area contributed by atoms with E-state index in [1.54, 1.807) is 12.1 Å². The van der Waals surface area contributed by atoms with Crippen molar-refractivity contribution in [3.63, 3.8) is 0 Å². The van der Waals surface area contributed by atoms with E-state index in [1.165, 1.54) is 0 Å². The molecule has 0 fully saturated rings. The van der Waals surface area contributed by atoms with E-state index >= 15 is 0 Å². The quantitative estimate of drug-likeness (QED) is 0.779. The van der Waals surface area contributed by atoms with Crippen LogP contribution in [0.1, 0.15) is 24.2 Å². The van der Waals surface area contributed by atoms with Gasteiger partial charge in [-0.3, -0.25) is 4.79 Å². The molecule has 0 radical (unpaired) electrons. The summed E-state index contributed by atoms with van der Waals surface area (Å²) in [5.74, 6) is 1.11. The molecule has 0 spiro atoms. The van der Waals surface area contributed by atoms with Gasteiger partial charge in [-0.25, -0.2) is 0 Å². The van der Waals surface area contributed by atoms with Crippen molar-refractivity contribution in [2.75, 3.05) is 13.2 Å². The smallest absolute Gasteiger partial charge is 0.252 e. The normalized spacial score (nSPS) is 10.0. The Balaban J connectivity index is 3.21. The molecule has 0 aliphatic heterocycles. The molecule has 1 rings (SSSR count). The van der Waals surface area contributed by atoms with Gasteiger partial charge in [-0.15, -0.1) is 0 Å². The first kappa shape index (κ1) is 13.3. The minimum atomic E-state index is -0.523. The van der Waals surface area contributed by atoms with Gasteiger partial charge in [0.05, 0.1) is 17.7 Å². The van der Waals surface area contributed by atoms with Gasteiger partial charge < -0.3 is 9.47 Å². The van der Waals surface area contributed by atoms with Crippen molar-refractivity contribution in [1.82, 2.24) is 0 Å². The third-order valence-corrected chi connectivity index (χ3v) is 2.63. The Bertz CT molecular complexity index is 393. The number of hydrogen-bond donors (Lipinski definition) is 0. The van der Waals surface area contributed by atoms with Crippen LogP contribution in [0.15, 0.2) is 16.6 Å². The second-order valence-electron chi connectivity index (χ2n) is 2.93. The Hall–Kier alpha value is -0.740. The number of halogens is 2. The van der Waals surface area contributed by atoms with Gasteiger partial charge in [0.1, 0.15) is 0 Å². The predicted octanol–water partition coefficient (Wildman–Crippen LogP) is 3.63. The monoisotopic (exact) mass is 306 g/mol. The molecule has 16 heavy (non-hydrogen) atoms. The van der Waals surface area contributed by atoms with Crippen LogP contribution >= 0.6 is 27.5 Å². The number of ether oxygens (including phenoxy) is 2. The lowest BCUT2D eigenvalue weighted by atomic mass is 10.2. The van der Waals surface area contributed by atoms with Crippen LogP contribution in [0, 0.1) is 0 Å². The van der Waals surface area contributed by atoms with Gasteiger partial charge in [-0.2, -0.15) is 0 Å². The molecule has 0 saturated carbocycles. The average Bonchev–Trinajstić information content (AvgIpc) is 2.23.